The Morgan fingerprint density at radius 1 is 0.667 bits per heavy atom. The summed E-state index contributed by atoms with van der Waals surface area (Å²) in [5, 5.41) is 37.8. The Kier molecular flexibility index (Phi) is 11.8. The molecule has 0 aromatic carbocycles. The molecule has 0 aliphatic heterocycles. The number of aliphatic hydroxyl groups is 2. The third-order valence-electron chi connectivity index (χ3n) is 5.12. The van der Waals surface area contributed by atoms with Gasteiger partial charge in [0.2, 0.25) is 0 Å². The number of hydrogen-bond acceptors (Lipinski definition) is 4. The first kappa shape index (κ1) is 25.9. The van der Waals surface area contributed by atoms with E-state index in [1.807, 2.05) is 27.7 Å². The summed E-state index contributed by atoms with van der Waals surface area (Å²) in [5.41, 5.74) is -0.508. The van der Waals surface area contributed by atoms with E-state index in [1.165, 1.54) is 0 Å². The summed E-state index contributed by atoms with van der Waals surface area (Å²) in [6, 6.07) is 0. The number of carboxylic acid groups (broad SMARTS) is 2. The molecule has 0 aliphatic carbocycles. The fourth-order valence-electron chi connectivity index (χ4n) is 3.51. The second-order valence-corrected chi connectivity index (χ2v) is 9.49. The van der Waals surface area contributed by atoms with Gasteiger partial charge in [0.25, 0.3) is 0 Å². The van der Waals surface area contributed by atoms with Crippen LogP contribution in [0, 0.1) is 10.8 Å². The molecule has 0 spiro atoms. The molecule has 160 valence electrons. The lowest BCUT2D eigenvalue weighted by Gasteiger charge is -2.23. The summed E-state index contributed by atoms with van der Waals surface area (Å²) in [5.74, 6) is -1.58. The van der Waals surface area contributed by atoms with Crippen LogP contribution >= 0.6 is 0 Å². The zero-order chi connectivity index (χ0) is 21.1. The van der Waals surface area contributed by atoms with Crippen molar-refractivity contribution in [3.8, 4) is 0 Å². The summed E-state index contributed by atoms with van der Waals surface area (Å²) < 4.78 is 0. The van der Waals surface area contributed by atoms with Gasteiger partial charge in [-0.2, -0.15) is 0 Å². The van der Waals surface area contributed by atoms with Crippen molar-refractivity contribution in [2.45, 2.75) is 111 Å². The van der Waals surface area contributed by atoms with Crippen molar-refractivity contribution in [2.24, 2.45) is 10.8 Å². The minimum atomic E-state index is -0.791. The lowest BCUT2D eigenvalue weighted by Crippen LogP contribution is -2.18. The van der Waals surface area contributed by atoms with Crippen LogP contribution < -0.4 is 0 Å². The van der Waals surface area contributed by atoms with Gasteiger partial charge >= 0.3 is 11.9 Å². The van der Waals surface area contributed by atoms with Crippen molar-refractivity contribution in [3.05, 3.63) is 0 Å². The van der Waals surface area contributed by atoms with E-state index in [9.17, 15) is 19.8 Å². The van der Waals surface area contributed by atoms with Crippen molar-refractivity contribution in [1.29, 1.82) is 0 Å². The van der Waals surface area contributed by atoms with Crippen LogP contribution in [0.15, 0.2) is 0 Å². The monoisotopic (exact) mass is 388 g/mol. The molecule has 0 bridgehead atoms. The number of rotatable bonds is 16. The number of hydrogen-bond donors (Lipinski definition) is 4. The van der Waals surface area contributed by atoms with Crippen LogP contribution in [0.5, 0.6) is 0 Å². The molecule has 0 aromatic heterocycles. The zero-order valence-electron chi connectivity index (χ0n) is 17.5. The molecule has 6 heteroatoms. The van der Waals surface area contributed by atoms with Crippen LogP contribution in [0.25, 0.3) is 0 Å². The fourth-order valence-corrected chi connectivity index (χ4v) is 3.51. The summed E-state index contributed by atoms with van der Waals surface area (Å²) in [6.07, 6.45) is 5.92. The molecule has 0 saturated heterocycles. The third kappa shape index (κ3) is 15.6. The van der Waals surface area contributed by atoms with Gasteiger partial charge in [0.1, 0.15) is 0 Å². The molecule has 2 atom stereocenters. The van der Waals surface area contributed by atoms with E-state index < -0.39 is 24.1 Å². The smallest absolute Gasteiger partial charge is 0.303 e. The lowest BCUT2D eigenvalue weighted by molar-refractivity contribution is -0.140. The second kappa shape index (κ2) is 12.3. The Balaban J connectivity index is 3.83. The molecule has 0 aliphatic rings. The SMILES string of the molecule is CC(C)(CCCC(O)CCCC(O)CCCC(C)(C)CC(=O)O)CC(=O)O. The summed E-state index contributed by atoms with van der Waals surface area (Å²) >= 11 is 0. The minimum absolute atomic E-state index is 0.137. The van der Waals surface area contributed by atoms with Crippen LogP contribution in [0.4, 0.5) is 0 Å². The molecular weight excluding hydrogens is 348 g/mol. The number of carbonyl (C=O) groups is 2. The largest absolute Gasteiger partial charge is 0.481 e. The van der Waals surface area contributed by atoms with Gasteiger partial charge < -0.3 is 20.4 Å². The predicted molar refractivity (Wildman–Crippen MR) is 106 cm³/mol. The Hall–Kier alpha value is -1.14. The third-order valence-corrected chi connectivity index (χ3v) is 5.12. The van der Waals surface area contributed by atoms with Crippen molar-refractivity contribution >= 4 is 11.9 Å². The van der Waals surface area contributed by atoms with Gasteiger partial charge in [0.15, 0.2) is 0 Å². The summed E-state index contributed by atoms with van der Waals surface area (Å²) in [7, 11) is 0. The van der Waals surface area contributed by atoms with Crippen molar-refractivity contribution in [2.75, 3.05) is 0 Å². The van der Waals surface area contributed by atoms with Crippen molar-refractivity contribution < 1.29 is 30.0 Å². The maximum Gasteiger partial charge on any atom is 0.303 e. The first-order chi connectivity index (χ1) is 12.3. The van der Waals surface area contributed by atoms with Crippen LogP contribution in [0.2, 0.25) is 0 Å². The number of aliphatic hydroxyl groups excluding tert-OH is 2. The van der Waals surface area contributed by atoms with Crippen LogP contribution in [0.1, 0.15) is 98.3 Å². The van der Waals surface area contributed by atoms with Gasteiger partial charge in [-0.1, -0.05) is 40.5 Å². The molecule has 27 heavy (non-hydrogen) atoms. The normalized spacial score (nSPS) is 14.7. The molecular formula is C21H40O6. The number of carboxylic acids is 2. The average Bonchev–Trinajstić information content (AvgIpc) is 2.43. The van der Waals surface area contributed by atoms with E-state index >= 15 is 0 Å². The van der Waals surface area contributed by atoms with Crippen molar-refractivity contribution in [1.82, 2.24) is 0 Å². The standard InChI is InChI=1S/C21H40O6/c1-20(2,14-18(24)25)12-6-10-16(22)8-5-9-17(23)11-7-13-21(3,4)15-19(26)27/h16-17,22-23H,5-15H2,1-4H3,(H,24,25)(H,26,27). The molecule has 4 N–H and O–H groups in total. The lowest BCUT2D eigenvalue weighted by atomic mass is 9.83. The van der Waals surface area contributed by atoms with Gasteiger partial charge in [-0.05, 0) is 55.8 Å². The van der Waals surface area contributed by atoms with Crippen molar-refractivity contribution in [3.63, 3.8) is 0 Å². The Morgan fingerprint density at radius 3 is 1.26 bits per heavy atom. The second-order valence-electron chi connectivity index (χ2n) is 9.49. The fraction of sp³-hybridized carbons (Fsp3) is 0.905. The van der Waals surface area contributed by atoms with E-state index in [0.29, 0.717) is 25.7 Å². The van der Waals surface area contributed by atoms with Gasteiger partial charge in [0, 0.05) is 0 Å². The quantitative estimate of drug-likeness (QED) is 0.315. The van der Waals surface area contributed by atoms with Crippen LogP contribution in [0.3, 0.4) is 0 Å². The molecule has 0 aromatic rings. The Morgan fingerprint density at radius 2 is 0.963 bits per heavy atom. The topological polar surface area (TPSA) is 115 Å². The van der Waals surface area contributed by atoms with Gasteiger partial charge in [-0.15, -0.1) is 0 Å². The first-order valence-electron chi connectivity index (χ1n) is 10.1. The summed E-state index contributed by atoms with van der Waals surface area (Å²) in [6.45, 7) is 7.73. The van der Waals surface area contributed by atoms with E-state index in [1.54, 1.807) is 0 Å². The van der Waals surface area contributed by atoms with E-state index in [0.717, 1.165) is 32.1 Å². The Bertz CT molecular complexity index is 404. The van der Waals surface area contributed by atoms with Gasteiger partial charge in [-0.25, -0.2) is 0 Å². The highest BCUT2D eigenvalue weighted by Crippen LogP contribution is 2.29. The molecule has 2 unspecified atom stereocenters. The van der Waals surface area contributed by atoms with Crippen LogP contribution in [-0.2, 0) is 9.59 Å². The molecule has 0 fully saturated rings. The first-order valence-corrected chi connectivity index (χ1v) is 10.1. The van der Waals surface area contributed by atoms with E-state index in [-0.39, 0.29) is 23.7 Å². The predicted octanol–water partition coefficient (Wildman–Crippen LogP) is 4.22. The van der Waals surface area contributed by atoms with E-state index in [2.05, 4.69) is 0 Å². The molecule has 0 radical (unpaired) electrons. The highest BCUT2D eigenvalue weighted by atomic mass is 16.4. The highest BCUT2D eigenvalue weighted by Gasteiger charge is 2.22. The molecule has 0 rings (SSSR count). The maximum atomic E-state index is 10.8. The molecule has 0 amide bonds. The average molecular weight is 389 g/mol. The van der Waals surface area contributed by atoms with E-state index in [4.69, 9.17) is 10.2 Å². The van der Waals surface area contributed by atoms with Crippen LogP contribution in [-0.4, -0.2) is 44.6 Å². The number of aliphatic carboxylic acids is 2. The minimum Gasteiger partial charge on any atom is -0.481 e. The van der Waals surface area contributed by atoms with Gasteiger partial charge in [0.05, 0.1) is 25.0 Å². The zero-order valence-corrected chi connectivity index (χ0v) is 17.5. The summed E-state index contributed by atoms with van der Waals surface area (Å²) in [4.78, 5) is 21.6. The molecule has 0 saturated carbocycles. The molecule has 0 heterocycles. The van der Waals surface area contributed by atoms with Gasteiger partial charge in [-0.3, -0.25) is 9.59 Å². The highest BCUT2D eigenvalue weighted by molar-refractivity contribution is 5.67. The maximum absolute atomic E-state index is 10.8. The Labute approximate surface area is 164 Å². The molecule has 6 nitrogen and oxygen atoms in total.